The molecule has 3 aromatic rings. The van der Waals surface area contributed by atoms with Gasteiger partial charge in [0.25, 0.3) is 0 Å². The molecule has 3 N–H and O–H groups in total. The normalized spacial score (nSPS) is 19.1. The van der Waals surface area contributed by atoms with Crippen molar-refractivity contribution in [3.8, 4) is 34.5 Å². The largest absolute Gasteiger partial charge is 0.490 e. The third-order valence-corrected chi connectivity index (χ3v) is 8.57. The maximum Gasteiger partial charge on any atom is 0.244 e. The van der Waals surface area contributed by atoms with Crippen molar-refractivity contribution < 1.29 is 43.4 Å². The van der Waals surface area contributed by atoms with Crippen LogP contribution in [0.3, 0.4) is 0 Å². The Kier molecular flexibility index (Phi) is 8.78. The molecular weight excluding hydrogens is 646 g/mol. The second-order valence-electron chi connectivity index (χ2n) is 12.5. The summed E-state index contributed by atoms with van der Waals surface area (Å²) in [7, 11) is 0. The number of ether oxygens (including phenoxy) is 6. The van der Waals surface area contributed by atoms with Gasteiger partial charge in [0.15, 0.2) is 23.0 Å². The first kappa shape index (κ1) is 31.3. The van der Waals surface area contributed by atoms with Crippen LogP contribution in [-0.2, 0) is 10.2 Å². The van der Waals surface area contributed by atoms with Crippen LogP contribution < -0.4 is 33.7 Å². The maximum atomic E-state index is 14.7. The summed E-state index contributed by atoms with van der Waals surface area (Å²) in [5, 5.41) is 24.6. The van der Waals surface area contributed by atoms with Crippen molar-refractivity contribution in [3.05, 3.63) is 63.6 Å². The number of amides is 1. The van der Waals surface area contributed by atoms with Gasteiger partial charge >= 0.3 is 0 Å². The Morgan fingerprint density at radius 3 is 1.69 bits per heavy atom. The molecule has 0 aromatic heterocycles. The monoisotopic (exact) mass is 683 g/mol. The van der Waals surface area contributed by atoms with Crippen molar-refractivity contribution >= 4 is 27.5 Å². The Labute approximate surface area is 270 Å². The molecule has 0 saturated carbocycles. The smallest absolute Gasteiger partial charge is 0.244 e. The Morgan fingerprint density at radius 2 is 1.22 bits per heavy atom. The molecule has 3 atom stereocenters. The molecule has 0 radical (unpaired) electrons. The lowest BCUT2D eigenvalue weighted by molar-refractivity contribution is -0.118. The SMILES string of the molecule is CC(C)CC(O)COc1cc2c(cc1C1(c3cc4c(cc3OC[C@H](O)CC(C)C)OCO4)C(=O)Nc3ccc(Br)cc31)OCO2. The van der Waals surface area contributed by atoms with Crippen molar-refractivity contribution in [1.82, 2.24) is 0 Å². The van der Waals surface area contributed by atoms with Crippen molar-refractivity contribution in [2.75, 3.05) is 32.1 Å². The van der Waals surface area contributed by atoms with Gasteiger partial charge in [-0.15, -0.1) is 0 Å². The van der Waals surface area contributed by atoms with E-state index in [-0.39, 0.29) is 44.5 Å². The highest BCUT2D eigenvalue weighted by molar-refractivity contribution is 9.10. The molecule has 3 aliphatic heterocycles. The molecule has 3 aliphatic rings. The minimum absolute atomic E-state index is 0.000243. The Balaban J connectivity index is 1.58. The maximum absolute atomic E-state index is 14.7. The van der Waals surface area contributed by atoms with E-state index in [9.17, 15) is 15.0 Å². The summed E-state index contributed by atoms with van der Waals surface area (Å²) in [5.41, 5.74) is 0.626. The van der Waals surface area contributed by atoms with Crippen LogP contribution in [0.5, 0.6) is 34.5 Å². The number of hydrogen-bond acceptors (Lipinski definition) is 9. The second kappa shape index (κ2) is 12.6. The summed E-state index contributed by atoms with van der Waals surface area (Å²) < 4.78 is 36.4. The number of aliphatic hydroxyl groups is 2. The van der Waals surface area contributed by atoms with Gasteiger partial charge < -0.3 is 44.0 Å². The Hall–Kier alpha value is -3.67. The van der Waals surface area contributed by atoms with E-state index < -0.39 is 17.6 Å². The van der Waals surface area contributed by atoms with Gasteiger partial charge in [-0.05, 0) is 55.0 Å². The predicted octanol–water partition coefficient (Wildman–Crippen LogP) is 5.76. The van der Waals surface area contributed by atoms with Crippen LogP contribution in [0.15, 0.2) is 46.9 Å². The average Bonchev–Trinajstić information content (AvgIpc) is 3.70. The Bertz CT molecular complexity index is 1510. The fraction of sp³-hybridized carbons (Fsp3) is 0.441. The standard InChI is InChI=1S/C34H38BrNO9/c1-18(2)7-21(37)14-40-27-12-31-29(42-16-44-31)10-24(27)34(23-9-20(35)5-6-26(23)36-33(34)39)25-11-30-32(45-17-43-30)13-28(25)41-15-22(38)8-19(3)4/h5-6,9-13,18-19,21-22,37-38H,7-8,14-17H2,1-4H3,(H,36,39)/t21-,22?,34?/m1/s1. The fourth-order valence-corrected chi connectivity index (χ4v) is 6.58. The summed E-state index contributed by atoms with van der Waals surface area (Å²) in [5.74, 6) is 2.68. The number of carbonyl (C=O) groups is 1. The highest BCUT2D eigenvalue weighted by Crippen LogP contribution is 2.57. The molecule has 0 aliphatic carbocycles. The molecule has 0 spiro atoms. The summed E-state index contributed by atoms with van der Waals surface area (Å²) in [6, 6.07) is 12.5. The minimum atomic E-state index is -1.54. The summed E-state index contributed by atoms with van der Waals surface area (Å²) in [6.07, 6.45) is -0.379. The topological polar surface area (TPSA) is 125 Å². The third-order valence-electron chi connectivity index (χ3n) is 8.08. The van der Waals surface area contributed by atoms with Gasteiger partial charge in [0.2, 0.25) is 19.5 Å². The average molecular weight is 685 g/mol. The first-order valence-electron chi connectivity index (χ1n) is 15.2. The van der Waals surface area contributed by atoms with Crippen molar-refractivity contribution in [1.29, 1.82) is 0 Å². The van der Waals surface area contributed by atoms with Crippen LogP contribution in [0.2, 0.25) is 0 Å². The second-order valence-corrected chi connectivity index (χ2v) is 13.4. The van der Waals surface area contributed by atoms with Crippen molar-refractivity contribution in [2.45, 2.75) is 58.2 Å². The summed E-state index contributed by atoms with van der Waals surface area (Å²) in [6.45, 7) is 8.15. The van der Waals surface area contributed by atoms with E-state index in [0.29, 0.717) is 69.7 Å². The van der Waals surface area contributed by atoms with Gasteiger partial charge in [0.1, 0.15) is 30.1 Å². The van der Waals surface area contributed by atoms with Crippen LogP contribution in [-0.4, -0.2) is 55.1 Å². The van der Waals surface area contributed by atoms with Crippen LogP contribution in [0, 0.1) is 11.8 Å². The number of fused-ring (bicyclic) bond motifs is 3. The zero-order chi connectivity index (χ0) is 31.9. The van der Waals surface area contributed by atoms with Crippen LogP contribution in [0.1, 0.15) is 57.2 Å². The quantitative estimate of drug-likeness (QED) is 0.218. The first-order chi connectivity index (χ1) is 21.6. The van der Waals surface area contributed by atoms with E-state index in [1.807, 2.05) is 45.9 Å². The molecule has 1 amide bonds. The van der Waals surface area contributed by atoms with Gasteiger partial charge in [-0.2, -0.15) is 0 Å². The fourth-order valence-electron chi connectivity index (χ4n) is 6.22. The zero-order valence-corrected chi connectivity index (χ0v) is 27.3. The molecular formula is C34H38BrNO9. The number of halogens is 1. The molecule has 3 aromatic carbocycles. The molecule has 10 nitrogen and oxygen atoms in total. The van der Waals surface area contributed by atoms with E-state index in [1.165, 1.54) is 0 Å². The van der Waals surface area contributed by atoms with Crippen LogP contribution in [0.4, 0.5) is 5.69 Å². The zero-order valence-electron chi connectivity index (χ0n) is 25.7. The van der Waals surface area contributed by atoms with E-state index in [2.05, 4.69) is 21.2 Å². The van der Waals surface area contributed by atoms with Gasteiger partial charge in [-0.1, -0.05) is 43.6 Å². The summed E-state index contributed by atoms with van der Waals surface area (Å²) >= 11 is 3.61. The Morgan fingerprint density at radius 1 is 0.756 bits per heavy atom. The molecule has 240 valence electrons. The molecule has 0 fully saturated rings. The van der Waals surface area contributed by atoms with Crippen molar-refractivity contribution in [3.63, 3.8) is 0 Å². The van der Waals surface area contributed by atoms with E-state index in [4.69, 9.17) is 28.4 Å². The van der Waals surface area contributed by atoms with Gasteiger partial charge in [0.05, 0.1) is 12.2 Å². The molecule has 6 rings (SSSR count). The number of aliphatic hydroxyl groups excluding tert-OH is 2. The lowest BCUT2D eigenvalue weighted by Gasteiger charge is -2.33. The number of benzene rings is 3. The molecule has 45 heavy (non-hydrogen) atoms. The lowest BCUT2D eigenvalue weighted by atomic mass is 9.69. The number of hydrogen-bond donors (Lipinski definition) is 3. The number of carbonyl (C=O) groups excluding carboxylic acids is 1. The third kappa shape index (κ3) is 6.01. The highest BCUT2D eigenvalue weighted by Gasteiger charge is 2.54. The molecule has 0 bridgehead atoms. The number of anilines is 1. The van der Waals surface area contributed by atoms with E-state index in [1.54, 1.807) is 24.3 Å². The predicted molar refractivity (Wildman–Crippen MR) is 170 cm³/mol. The number of nitrogens with one attached hydrogen (secondary N) is 1. The highest BCUT2D eigenvalue weighted by atomic mass is 79.9. The first-order valence-corrected chi connectivity index (χ1v) is 16.0. The van der Waals surface area contributed by atoms with Crippen LogP contribution in [0.25, 0.3) is 0 Å². The van der Waals surface area contributed by atoms with Crippen LogP contribution >= 0.6 is 15.9 Å². The van der Waals surface area contributed by atoms with Gasteiger partial charge in [-0.25, -0.2) is 0 Å². The molecule has 0 saturated heterocycles. The summed E-state index contributed by atoms with van der Waals surface area (Å²) in [4.78, 5) is 14.7. The van der Waals surface area contributed by atoms with E-state index >= 15 is 0 Å². The number of rotatable bonds is 12. The molecule has 11 heteroatoms. The van der Waals surface area contributed by atoms with Gasteiger partial charge in [-0.3, -0.25) is 4.79 Å². The lowest BCUT2D eigenvalue weighted by Crippen LogP contribution is -2.38. The van der Waals surface area contributed by atoms with E-state index in [0.717, 1.165) is 4.47 Å². The van der Waals surface area contributed by atoms with Crippen molar-refractivity contribution in [2.24, 2.45) is 11.8 Å². The van der Waals surface area contributed by atoms with Gasteiger partial charge in [0, 0.05) is 39.0 Å². The minimum Gasteiger partial charge on any atom is -0.490 e. The molecule has 2 unspecified atom stereocenters. The molecule has 3 heterocycles.